The summed E-state index contributed by atoms with van der Waals surface area (Å²) in [7, 11) is 0. The summed E-state index contributed by atoms with van der Waals surface area (Å²) in [6.07, 6.45) is 0.379. The van der Waals surface area contributed by atoms with Gasteiger partial charge in [-0.3, -0.25) is 0 Å². The van der Waals surface area contributed by atoms with Gasteiger partial charge in [0.05, 0.1) is 5.02 Å². The van der Waals surface area contributed by atoms with Crippen LogP contribution in [0.2, 0.25) is 20.1 Å². The highest BCUT2D eigenvalue weighted by molar-refractivity contribution is 6.35. The zero-order valence-corrected chi connectivity index (χ0v) is 14.1. The Morgan fingerprint density at radius 3 is 2.29 bits per heavy atom. The number of halogens is 5. The summed E-state index contributed by atoms with van der Waals surface area (Å²) in [6, 6.07) is 7.76. The maximum Gasteiger partial charge on any atom is 0.142 e. The fourth-order valence-electron chi connectivity index (χ4n) is 2.12. The highest BCUT2D eigenvalue weighted by Crippen LogP contribution is 2.34. The van der Waals surface area contributed by atoms with E-state index in [4.69, 9.17) is 52.1 Å². The van der Waals surface area contributed by atoms with Gasteiger partial charge in [0.1, 0.15) is 5.82 Å². The molecule has 6 heteroatoms. The Balaban J connectivity index is 2.40. The van der Waals surface area contributed by atoms with Crippen molar-refractivity contribution in [3.8, 4) is 0 Å². The van der Waals surface area contributed by atoms with Crippen molar-refractivity contribution in [1.82, 2.24) is 0 Å². The molecule has 2 rings (SSSR count). The molecule has 0 aromatic heterocycles. The van der Waals surface area contributed by atoms with Crippen LogP contribution in [-0.4, -0.2) is 0 Å². The average Bonchev–Trinajstić information content (AvgIpc) is 2.37. The van der Waals surface area contributed by atoms with Crippen LogP contribution in [-0.2, 0) is 12.0 Å². The lowest BCUT2D eigenvalue weighted by molar-refractivity contribution is 0.486. The second-order valence-electron chi connectivity index (χ2n) is 5.08. The van der Waals surface area contributed by atoms with Crippen molar-refractivity contribution in [2.75, 3.05) is 0 Å². The third kappa shape index (κ3) is 3.82. The molecule has 0 radical (unpaired) electrons. The standard InChI is InChI=1S/C15H12Cl4FN/c1-15(21,7-8-2-3-9(16)4-11(8)17)10-5-14(20)13(19)6-12(10)18/h2-6H,7,21H2,1H3. The molecule has 0 saturated heterocycles. The first-order chi connectivity index (χ1) is 9.70. The molecule has 112 valence electrons. The molecular weight excluding hydrogens is 355 g/mol. The molecule has 0 aliphatic heterocycles. The van der Waals surface area contributed by atoms with Crippen LogP contribution in [0.25, 0.3) is 0 Å². The van der Waals surface area contributed by atoms with Crippen molar-refractivity contribution >= 4 is 46.4 Å². The molecule has 1 unspecified atom stereocenters. The lowest BCUT2D eigenvalue weighted by atomic mass is 9.86. The van der Waals surface area contributed by atoms with E-state index in [1.54, 1.807) is 25.1 Å². The normalized spacial score (nSPS) is 14.0. The first-order valence-electron chi connectivity index (χ1n) is 6.08. The highest BCUT2D eigenvalue weighted by atomic mass is 35.5. The minimum Gasteiger partial charge on any atom is -0.321 e. The number of nitrogens with two attached hydrogens (primary N) is 1. The SMILES string of the molecule is CC(N)(Cc1ccc(Cl)cc1Cl)c1cc(F)c(Cl)cc1Cl. The maximum atomic E-state index is 13.7. The molecule has 2 aromatic carbocycles. The maximum absolute atomic E-state index is 13.7. The van der Waals surface area contributed by atoms with E-state index >= 15 is 0 Å². The van der Waals surface area contributed by atoms with Gasteiger partial charge in [0.2, 0.25) is 0 Å². The summed E-state index contributed by atoms with van der Waals surface area (Å²) >= 11 is 23.9. The third-order valence-electron chi connectivity index (χ3n) is 3.20. The molecule has 0 aliphatic rings. The van der Waals surface area contributed by atoms with Gasteiger partial charge in [0, 0.05) is 20.6 Å². The van der Waals surface area contributed by atoms with Crippen LogP contribution in [0.3, 0.4) is 0 Å². The van der Waals surface area contributed by atoms with E-state index in [-0.39, 0.29) is 5.02 Å². The zero-order valence-electron chi connectivity index (χ0n) is 11.1. The predicted octanol–water partition coefficient (Wildman–Crippen LogP) is 5.86. The molecular formula is C15H12Cl4FN. The molecule has 0 saturated carbocycles. The smallest absolute Gasteiger partial charge is 0.142 e. The van der Waals surface area contributed by atoms with E-state index in [1.165, 1.54) is 12.1 Å². The molecule has 0 heterocycles. The Kier molecular flexibility index (Phi) is 5.07. The molecule has 0 amide bonds. The first-order valence-corrected chi connectivity index (χ1v) is 7.60. The van der Waals surface area contributed by atoms with E-state index in [0.717, 1.165) is 5.56 Å². The van der Waals surface area contributed by atoms with Gasteiger partial charge in [-0.15, -0.1) is 0 Å². The Hall–Kier alpha value is -0.510. The van der Waals surface area contributed by atoms with Crippen molar-refractivity contribution in [3.05, 3.63) is 67.4 Å². The van der Waals surface area contributed by atoms with Crippen molar-refractivity contribution in [3.63, 3.8) is 0 Å². The molecule has 21 heavy (non-hydrogen) atoms. The molecule has 0 fully saturated rings. The highest BCUT2D eigenvalue weighted by Gasteiger charge is 2.26. The number of hydrogen-bond acceptors (Lipinski definition) is 1. The molecule has 2 aromatic rings. The lowest BCUT2D eigenvalue weighted by Crippen LogP contribution is -2.36. The van der Waals surface area contributed by atoms with Crippen LogP contribution in [0.15, 0.2) is 30.3 Å². The Labute approximate surface area is 142 Å². The molecule has 0 bridgehead atoms. The molecule has 2 N–H and O–H groups in total. The molecule has 1 atom stereocenters. The topological polar surface area (TPSA) is 26.0 Å². The van der Waals surface area contributed by atoms with Gasteiger partial charge in [-0.1, -0.05) is 52.5 Å². The summed E-state index contributed by atoms with van der Waals surface area (Å²) in [6.45, 7) is 1.76. The Bertz CT molecular complexity index is 686. The van der Waals surface area contributed by atoms with E-state index in [1.807, 2.05) is 0 Å². The van der Waals surface area contributed by atoms with E-state index in [2.05, 4.69) is 0 Å². The fourth-order valence-corrected chi connectivity index (χ4v) is 3.19. The second kappa shape index (κ2) is 6.31. The van der Waals surface area contributed by atoms with Gasteiger partial charge in [0.25, 0.3) is 0 Å². The van der Waals surface area contributed by atoms with Crippen LogP contribution in [0.4, 0.5) is 4.39 Å². The zero-order chi connectivity index (χ0) is 15.8. The third-order valence-corrected chi connectivity index (χ3v) is 4.39. The van der Waals surface area contributed by atoms with E-state index in [0.29, 0.717) is 27.1 Å². The summed E-state index contributed by atoms with van der Waals surface area (Å²) in [5.74, 6) is -0.560. The summed E-state index contributed by atoms with van der Waals surface area (Å²) in [5, 5.41) is 1.32. The van der Waals surface area contributed by atoms with Crippen LogP contribution < -0.4 is 5.73 Å². The first kappa shape index (κ1) is 16.9. The van der Waals surface area contributed by atoms with Crippen molar-refractivity contribution < 1.29 is 4.39 Å². The predicted molar refractivity (Wildman–Crippen MR) is 88.1 cm³/mol. The van der Waals surface area contributed by atoms with Crippen molar-refractivity contribution in [2.45, 2.75) is 18.9 Å². The van der Waals surface area contributed by atoms with Crippen LogP contribution in [0.5, 0.6) is 0 Å². The van der Waals surface area contributed by atoms with E-state index < -0.39 is 11.4 Å². The summed E-state index contributed by atoms with van der Waals surface area (Å²) in [5.41, 5.74) is 6.68. The summed E-state index contributed by atoms with van der Waals surface area (Å²) in [4.78, 5) is 0. The number of rotatable bonds is 3. The van der Waals surface area contributed by atoms with Gasteiger partial charge < -0.3 is 5.73 Å². The van der Waals surface area contributed by atoms with Gasteiger partial charge in [0.15, 0.2) is 0 Å². The number of hydrogen-bond donors (Lipinski definition) is 1. The van der Waals surface area contributed by atoms with Crippen LogP contribution in [0.1, 0.15) is 18.1 Å². The van der Waals surface area contributed by atoms with Gasteiger partial charge >= 0.3 is 0 Å². The fraction of sp³-hybridized carbons (Fsp3) is 0.200. The van der Waals surface area contributed by atoms with Crippen LogP contribution in [0, 0.1) is 5.82 Å². The van der Waals surface area contributed by atoms with Gasteiger partial charge in [-0.2, -0.15) is 0 Å². The lowest BCUT2D eigenvalue weighted by Gasteiger charge is -2.27. The Morgan fingerprint density at radius 2 is 1.67 bits per heavy atom. The van der Waals surface area contributed by atoms with Gasteiger partial charge in [-0.05, 0) is 48.7 Å². The van der Waals surface area contributed by atoms with E-state index in [9.17, 15) is 4.39 Å². The molecule has 0 aliphatic carbocycles. The molecule has 1 nitrogen and oxygen atoms in total. The quantitative estimate of drug-likeness (QED) is 0.676. The monoisotopic (exact) mass is 365 g/mol. The average molecular weight is 367 g/mol. The van der Waals surface area contributed by atoms with Crippen LogP contribution >= 0.6 is 46.4 Å². The Morgan fingerprint density at radius 1 is 1.00 bits per heavy atom. The second-order valence-corrected chi connectivity index (χ2v) is 6.73. The van der Waals surface area contributed by atoms with Crippen molar-refractivity contribution in [2.24, 2.45) is 5.73 Å². The number of benzene rings is 2. The molecule has 0 spiro atoms. The minimum absolute atomic E-state index is 0.0379. The largest absolute Gasteiger partial charge is 0.321 e. The summed E-state index contributed by atoms with van der Waals surface area (Å²) < 4.78 is 13.7. The van der Waals surface area contributed by atoms with Crippen molar-refractivity contribution in [1.29, 1.82) is 0 Å². The minimum atomic E-state index is -0.903. The van der Waals surface area contributed by atoms with Gasteiger partial charge in [-0.25, -0.2) is 4.39 Å².